The normalized spacial score (nSPS) is 22.2. The van der Waals surface area contributed by atoms with E-state index in [1.165, 1.54) is 38.6 Å². The molecule has 0 bridgehead atoms. The molecule has 78 valence electrons. The van der Waals surface area contributed by atoms with E-state index in [1.807, 2.05) is 0 Å². The molecule has 1 atom stereocenters. The molecule has 0 aliphatic heterocycles. The molecular weight excluding hydrogens is 182 g/mol. The second kappa shape index (κ2) is 5.87. The van der Waals surface area contributed by atoms with E-state index in [4.69, 9.17) is 11.6 Å². The fraction of sp³-hybridized carbons (Fsp3) is 1.00. The van der Waals surface area contributed by atoms with E-state index in [2.05, 4.69) is 18.9 Å². The molecule has 0 N–H and O–H groups in total. The zero-order chi connectivity index (χ0) is 9.68. The van der Waals surface area contributed by atoms with Crippen molar-refractivity contribution in [2.24, 2.45) is 5.92 Å². The summed E-state index contributed by atoms with van der Waals surface area (Å²) < 4.78 is 0. The fourth-order valence-corrected chi connectivity index (χ4v) is 2.31. The minimum Gasteiger partial charge on any atom is -0.302 e. The lowest BCUT2D eigenvalue weighted by atomic mass is 9.89. The second-order valence-corrected chi connectivity index (χ2v) is 4.76. The maximum atomic E-state index is 5.82. The smallest absolute Gasteiger partial charge is 0.0376 e. The van der Waals surface area contributed by atoms with Crippen LogP contribution in [0.3, 0.4) is 0 Å². The summed E-state index contributed by atoms with van der Waals surface area (Å²) in [7, 11) is 2.20. The van der Waals surface area contributed by atoms with Gasteiger partial charge in [0.15, 0.2) is 0 Å². The van der Waals surface area contributed by atoms with Crippen LogP contribution in [-0.4, -0.2) is 30.4 Å². The van der Waals surface area contributed by atoms with Crippen molar-refractivity contribution < 1.29 is 0 Å². The highest BCUT2D eigenvalue weighted by Crippen LogP contribution is 2.24. The zero-order valence-electron chi connectivity index (χ0n) is 8.93. The Morgan fingerprint density at radius 2 is 1.92 bits per heavy atom. The van der Waals surface area contributed by atoms with Gasteiger partial charge in [0.2, 0.25) is 0 Å². The largest absolute Gasteiger partial charge is 0.302 e. The van der Waals surface area contributed by atoms with E-state index in [1.54, 1.807) is 0 Å². The van der Waals surface area contributed by atoms with E-state index in [-0.39, 0.29) is 0 Å². The number of rotatable bonds is 4. The summed E-state index contributed by atoms with van der Waals surface area (Å²) in [5, 5.41) is 0. The molecule has 1 aliphatic carbocycles. The third-order valence-corrected chi connectivity index (χ3v) is 3.69. The number of hydrogen-bond donors (Lipinski definition) is 0. The molecule has 2 heteroatoms. The first-order valence-corrected chi connectivity index (χ1v) is 6.03. The lowest BCUT2D eigenvalue weighted by molar-refractivity contribution is 0.202. The average Bonchev–Trinajstić information content (AvgIpc) is 2.18. The van der Waals surface area contributed by atoms with Gasteiger partial charge >= 0.3 is 0 Å². The van der Waals surface area contributed by atoms with Crippen molar-refractivity contribution in [3.8, 4) is 0 Å². The van der Waals surface area contributed by atoms with Gasteiger partial charge < -0.3 is 4.90 Å². The lowest BCUT2D eigenvalue weighted by Gasteiger charge is -2.30. The van der Waals surface area contributed by atoms with Crippen molar-refractivity contribution in [2.75, 3.05) is 19.5 Å². The Balaban J connectivity index is 2.21. The standard InChI is InChI=1S/C11H22ClN/c1-10(8-12)13(2)9-11-6-4-3-5-7-11/h10-11H,3-9H2,1-2H3. The van der Waals surface area contributed by atoms with Crippen LogP contribution in [0.4, 0.5) is 0 Å². The monoisotopic (exact) mass is 203 g/mol. The summed E-state index contributed by atoms with van der Waals surface area (Å²) in [6.45, 7) is 3.45. The number of alkyl halides is 1. The summed E-state index contributed by atoms with van der Waals surface area (Å²) in [5.41, 5.74) is 0. The van der Waals surface area contributed by atoms with Crippen LogP contribution in [0.15, 0.2) is 0 Å². The Bertz CT molecular complexity index is 132. The molecule has 1 rings (SSSR count). The first-order chi connectivity index (χ1) is 6.24. The van der Waals surface area contributed by atoms with Gasteiger partial charge in [0.05, 0.1) is 0 Å². The Labute approximate surface area is 87.4 Å². The Morgan fingerprint density at radius 1 is 1.31 bits per heavy atom. The van der Waals surface area contributed by atoms with Crippen molar-refractivity contribution >= 4 is 11.6 Å². The van der Waals surface area contributed by atoms with Gasteiger partial charge in [-0.05, 0) is 32.7 Å². The minimum atomic E-state index is 0.531. The van der Waals surface area contributed by atoms with Gasteiger partial charge in [0.25, 0.3) is 0 Å². The van der Waals surface area contributed by atoms with Crippen LogP contribution in [0.2, 0.25) is 0 Å². The van der Waals surface area contributed by atoms with Crippen LogP contribution < -0.4 is 0 Å². The van der Waals surface area contributed by atoms with Crippen molar-refractivity contribution in [2.45, 2.75) is 45.1 Å². The van der Waals surface area contributed by atoms with Crippen LogP contribution in [0.5, 0.6) is 0 Å². The third kappa shape index (κ3) is 3.86. The number of hydrogen-bond acceptors (Lipinski definition) is 1. The van der Waals surface area contributed by atoms with Gasteiger partial charge in [-0.25, -0.2) is 0 Å². The molecule has 1 aliphatic rings. The van der Waals surface area contributed by atoms with Crippen LogP contribution in [0.1, 0.15) is 39.0 Å². The third-order valence-electron chi connectivity index (χ3n) is 3.25. The Kier molecular flexibility index (Phi) is 5.12. The predicted molar refractivity (Wildman–Crippen MR) is 59.4 cm³/mol. The van der Waals surface area contributed by atoms with Gasteiger partial charge in [0, 0.05) is 18.5 Å². The molecular formula is C11H22ClN. The van der Waals surface area contributed by atoms with Gasteiger partial charge in [-0.3, -0.25) is 0 Å². The SMILES string of the molecule is CC(CCl)N(C)CC1CCCCC1. The van der Waals surface area contributed by atoms with Crippen molar-refractivity contribution in [3.63, 3.8) is 0 Å². The molecule has 0 spiro atoms. The molecule has 1 unspecified atom stereocenters. The highest BCUT2D eigenvalue weighted by atomic mass is 35.5. The molecule has 0 amide bonds. The average molecular weight is 204 g/mol. The summed E-state index contributed by atoms with van der Waals surface area (Å²) in [5.74, 6) is 1.69. The quantitative estimate of drug-likeness (QED) is 0.635. The molecule has 1 nitrogen and oxygen atoms in total. The minimum absolute atomic E-state index is 0.531. The summed E-state index contributed by atoms with van der Waals surface area (Å²) in [4.78, 5) is 2.41. The maximum Gasteiger partial charge on any atom is 0.0376 e. The summed E-state index contributed by atoms with van der Waals surface area (Å²) in [6, 6.07) is 0.531. The van der Waals surface area contributed by atoms with E-state index in [0.717, 1.165) is 11.8 Å². The summed E-state index contributed by atoms with van der Waals surface area (Å²) in [6.07, 6.45) is 7.19. The van der Waals surface area contributed by atoms with E-state index < -0.39 is 0 Å². The Morgan fingerprint density at radius 3 is 2.46 bits per heavy atom. The maximum absolute atomic E-state index is 5.82. The van der Waals surface area contributed by atoms with Crippen LogP contribution in [0.25, 0.3) is 0 Å². The van der Waals surface area contributed by atoms with Gasteiger partial charge in [-0.2, -0.15) is 0 Å². The highest BCUT2D eigenvalue weighted by molar-refractivity contribution is 6.18. The van der Waals surface area contributed by atoms with Crippen LogP contribution in [-0.2, 0) is 0 Å². The molecule has 0 aromatic carbocycles. The van der Waals surface area contributed by atoms with E-state index in [0.29, 0.717) is 6.04 Å². The molecule has 1 fully saturated rings. The fourth-order valence-electron chi connectivity index (χ4n) is 2.07. The van der Waals surface area contributed by atoms with E-state index in [9.17, 15) is 0 Å². The van der Waals surface area contributed by atoms with E-state index >= 15 is 0 Å². The number of halogens is 1. The molecule has 0 radical (unpaired) electrons. The molecule has 1 saturated carbocycles. The van der Waals surface area contributed by atoms with Crippen molar-refractivity contribution in [3.05, 3.63) is 0 Å². The van der Waals surface area contributed by atoms with Crippen LogP contribution >= 0.6 is 11.6 Å². The van der Waals surface area contributed by atoms with Gasteiger partial charge in [-0.1, -0.05) is 19.3 Å². The topological polar surface area (TPSA) is 3.24 Å². The molecule has 0 heterocycles. The predicted octanol–water partition coefficient (Wildman–Crippen LogP) is 3.13. The van der Waals surface area contributed by atoms with Crippen molar-refractivity contribution in [1.82, 2.24) is 4.90 Å². The van der Waals surface area contributed by atoms with Crippen molar-refractivity contribution in [1.29, 1.82) is 0 Å². The molecule has 0 saturated heterocycles. The summed E-state index contributed by atoms with van der Waals surface area (Å²) >= 11 is 5.82. The number of nitrogens with zero attached hydrogens (tertiary/aromatic N) is 1. The van der Waals surface area contributed by atoms with Gasteiger partial charge in [0.1, 0.15) is 0 Å². The Hall–Kier alpha value is 0.250. The first-order valence-electron chi connectivity index (χ1n) is 5.50. The highest BCUT2D eigenvalue weighted by Gasteiger charge is 2.17. The lowest BCUT2D eigenvalue weighted by Crippen LogP contribution is -2.35. The second-order valence-electron chi connectivity index (χ2n) is 4.45. The molecule has 0 aromatic rings. The van der Waals surface area contributed by atoms with Crippen LogP contribution in [0, 0.1) is 5.92 Å². The van der Waals surface area contributed by atoms with Gasteiger partial charge in [-0.15, -0.1) is 11.6 Å². The first kappa shape index (κ1) is 11.3. The molecule has 0 aromatic heterocycles. The molecule has 13 heavy (non-hydrogen) atoms. The zero-order valence-corrected chi connectivity index (χ0v) is 9.69.